The zero-order valence-corrected chi connectivity index (χ0v) is 16.3. The molecule has 0 saturated heterocycles. The van der Waals surface area contributed by atoms with E-state index < -0.39 is 0 Å². The standard InChI is InChI=1S/C21H18FN3O2S/c1-3-25(11-17-23-15-9-5-4-7-13(15)20(26)24-17)21(27)19-12(2)18-14(22)8-6-10-16(18)28-19/h4-10H,3,11H2,1-2H3,(H,23,24,26). The van der Waals surface area contributed by atoms with Gasteiger partial charge in [0.05, 0.1) is 22.3 Å². The van der Waals surface area contributed by atoms with Crippen LogP contribution in [0.25, 0.3) is 21.0 Å². The Hall–Kier alpha value is -3.06. The third kappa shape index (κ3) is 3.07. The van der Waals surface area contributed by atoms with Gasteiger partial charge in [0.25, 0.3) is 11.5 Å². The van der Waals surface area contributed by atoms with Gasteiger partial charge in [-0.2, -0.15) is 0 Å². The zero-order valence-electron chi connectivity index (χ0n) is 15.5. The number of H-pyrrole nitrogens is 1. The molecule has 2 aromatic carbocycles. The Bertz CT molecular complexity index is 1260. The highest BCUT2D eigenvalue weighted by molar-refractivity contribution is 7.21. The fourth-order valence-corrected chi connectivity index (χ4v) is 4.51. The Balaban J connectivity index is 1.70. The average Bonchev–Trinajstić information content (AvgIpc) is 3.03. The van der Waals surface area contributed by atoms with Crippen LogP contribution in [-0.4, -0.2) is 27.3 Å². The Morgan fingerprint density at radius 2 is 2.00 bits per heavy atom. The van der Waals surface area contributed by atoms with Crippen LogP contribution in [0.5, 0.6) is 0 Å². The van der Waals surface area contributed by atoms with Gasteiger partial charge in [-0.25, -0.2) is 9.37 Å². The molecule has 0 atom stereocenters. The number of nitrogens with zero attached hydrogens (tertiary/aromatic N) is 2. The summed E-state index contributed by atoms with van der Waals surface area (Å²) < 4.78 is 14.9. The molecule has 0 unspecified atom stereocenters. The van der Waals surface area contributed by atoms with Crippen LogP contribution in [0.4, 0.5) is 4.39 Å². The molecule has 0 aliphatic carbocycles. The van der Waals surface area contributed by atoms with Gasteiger partial charge >= 0.3 is 0 Å². The van der Waals surface area contributed by atoms with Crippen molar-refractivity contribution in [3.05, 3.63) is 74.9 Å². The van der Waals surface area contributed by atoms with E-state index in [0.29, 0.717) is 39.1 Å². The number of fused-ring (bicyclic) bond motifs is 2. The number of amides is 1. The number of hydrogen-bond donors (Lipinski definition) is 1. The minimum atomic E-state index is -0.325. The molecule has 2 heterocycles. The van der Waals surface area contributed by atoms with E-state index >= 15 is 0 Å². The quantitative estimate of drug-likeness (QED) is 0.562. The number of halogens is 1. The third-order valence-corrected chi connectivity index (χ3v) is 6.01. The summed E-state index contributed by atoms with van der Waals surface area (Å²) in [4.78, 5) is 34.7. The summed E-state index contributed by atoms with van der Waals surface area (Å²) >= 11 is 1.28. The van der Waals surface area contributed by atoms with Crippen molar-refractivity contribution in [3.63, 3.8) is 0 Å². The molecule has 28 heavy (non-hydrogen) atoms. The number of nitrogens with one attached hydrogen (secondary N) is 1. The number of thiophene rings is 1. The summed E-state index contributed by atoms with van der Waals surface area (Å²) in [5, 5.41) is 1.00. The summed E-state index contributed by atoms with van der Waals surface area (Å²) in [6.07, 6.45) is 0. The van der Waals surface area contributed by atoms with Gasteiger partial charge in [-0.1, -0.05) is 18.2 Å². The van der Waals surface area contributed by atoms with Gasteiger partial charge in [-0.05, 0) is 43.7 Å². The molecular weight excluding hydrogens is 377 g/mol. The van der Waals surface area contributed by atoms with Crippen molar-refractivity contribution in [2.45, 2.75) is 20.4 Å². The van der Waals surface area contributed by atoms with Crippen LogP contribution in [0.3, 0.4) is 0 Å². The first-order valence-electron chi connectivity index (χ1n) is 8.94. The van der Waals surface area contributed by atoms with Gasteiger partial charge in [0.1, 0.15) is 11.6 Å². The van der Waals surface area contributed by atoms with E-state index in [4.69, 9.17) is 0 Å². The topological polar surface area (TPSA) is 66.1 Å². The number of benzene rings is 2. The Morgan fingerprint density at radius 1 is 1.21 bits per heavy atom. The van der Waals surface area contributed by atoms with Crippen molar-refractivity contribution in [2.75, 3.05) is 6.54 Å². The smallest absolute Gasteiger partial charge is 0.264 e. The molecule has 7 heteroatoms. The number of aromatic amines is 1. The number of hydrogen-bond acceptors (Lipinski definition) is 4. The number of aromatic nitrogens is 2. The monoisotopic (exact) mass is 395 g/mol. The van der Waals surface area contributed by atoms with Crippen LogP contribution in [0, 0.1) is 12.7 Å². The molecule has 0 spiro atoms. The Labute approximate surface area is 164 Å². The lowest BCUT2D eigenvalue weighted by atomic mass is 10.1. The molecule has 2 aromatic heterocycles. The first kappa shape index (κ1) is 18.3. The predicted molar refractivity (Wildman–Crippen MR) is 109 cm³/mol. The number of carbonyl (C=O) groups excluding carboxylic acids is 1. The SMILES string of the molecule is CCN(Cc1nc2ccccc2c(=O)[nH]1)C(=O)c1sc2cccc(F)c2c1C. The van der Waals surface area contributed by atoms with Crippen molar-refractivity contribution in [3.8, 4) is 0 Å². The lowest BCUT2D eigenvalue weighted by molar-refractivity contribution is 0.0753. The maximum absolute atomic E-state index is 14.2. The van der Waals surface area contributed by atoms with Crippen molar-refractivity contribution < 1.29 is 9.18 Å². The molecule has 4 aromatic rings. The van der Waals surface area contributed by atoms with Crippen LogP contribution in [-0.2, 0) is 6.54 Å². The second kappa shape index (κ2) is 7.16. The predicted octanol–water partition coefficient (Wildman–Crippen LogP) is 4.25. The minimum absolute atomic E-state index is 0.172. The van der Waals surface area contributed by atoms with Gasteiger partial charge in [0.15, 0.2) is 0 Å². The highest BCUT2D eigenvalue weighted by Crippen LogP contribution is 2.33. The van der Waals surface area contributed by atoms with E-state index in [-0.39, 0.29) is 23.8 Å². The van der Waals surface area contributed by atoms with Crippen LogP contribution in [0.1, 0.15) is 28.0 Å². The molecule has 0 bridgehead atoms. The van der Waals surface area contributed by atoms with Gasteiger partial charge in [0, 0.05) is 16.6 Å². The minimum Gasteiger partial charge on any atom is -0.331 e. The van der Waals surface area contributed by atoms with Crippen molar-refractivity contribution in [1.29, 1.82) is 0 Å². The van der Waals surface area contributed by atoms with Crippen molar-refractivity contribution in [1.82, 2.24) is 14.9 Å². The van der Waals surface area contributed by atoms with Gasteiger partial charge in [-0.15, -0.1) is 11.3 Å². The highest BCUT2D eigenvalue weighted by Gasteiger charge is 2.22. The fraction of sp³-hybridized carbons (Fsp3) is 0.190. The van der Waals surface area contributed by atoms with Gasteiger partial charge in [0.2, 0.25) is 0 Å². The second-order valence-electron chi connectivity index (χ2n) is 6.52. The molecule has 0 aliphatic rings. The molecule has 142 valence electrons. The molecule has 4 rings (SSSR count). The van der Waals surface area contributed by atoms with Gasteiger partial charge in [-0.3, -0.25) is 9.59 Å². The molecule has 0 fully saturated rings. The van der Waals surface area contributed by atoms with Crippen LogP contribution < -0.4 is 5.56 Å². The number of carbonyl (C=O) groups is 1. The molecule has 0 aliphatic heterocycles. The molecule has 0 saturated carbocycles. The maximum atomic E-state index is 14.2. The van der Waals surface area contributed by atoms with Crippen LogP contribution >= 0.6 is 11.3 Å². The molecule has 1 N–H and O–H groups in total. The van der Waals surface area contributed by atoms with Gasteiger partial charge < -0.3 is 9.88 Å². The van der Waals surface area contributed by atoms with Crippen LogP contribution in [0.2, 0.25) is 0 Å². The van der Waals surface area contributed by atoms with E-state index in [1.165, 1.54) is 17.4 Å². The largest absolute Gasteiger partial charge is 0.331 e. The second-order valence-corrected chi connectivity index (χ2v) is 7.57. The lowest BCUT2D eigenvalue weighted by Gasteiger charge is -2.20. The van der Waals surface area contributed by atoms with E-state index in [0.717, 1.165) is 4.70 Å². The molecular formula is C21H18FN3O2S. The lowest BCUT2D eigenvalue weighted by Crippen LogP contribution is -2.31. The van der Waals surface area contributed by atoms with E-state index in [1.54, 1.807) is 36.1 Å². The van der Waals surface area contributed by atoms with E-state index in [2.05, 4.69) is 9.97 Å². The average molecular weight is 395 g/mol. The summed E-state index contributed by atoms with van der Waals surface area (Å²) in [6.45, 7) is 4.23. The molecule has 1 amide bonds. The van der Waals surface area contributed by atoms with E-state index in [9.17, 15) is 14.0 Å². The summed E-state index contributed by atoms with van der Waals surface area (Å²) in [5.41, 5.74) is 0.996. The summed E-state index contributed by atoms with van der Waals surface area (Å²) in [5.74, 6) is -0.103. The Kier molecular flexibility index (Phi) is 4.68. The van der Waals surface area contributed by atoms with Crippen molar-refractivity contribution >= 4 is 38.2 Å². The van der Waals surface area contributed by atoms with Crippen molar-refractivity contribution in [2.24, 2.45) is 0 Å². The molecule has 5 nitrogen and oxygen atoms in total. The summed E-state index contributed by atoms with van der Waals surface area (Å²) in [6, 6.07) is 11.9. The summed E-state index contributed by atoms with van der Waals surface area (Å²) in [7, 11) is 0. The zero-order chi connectivity index (χ0) is 19.8. The number of para-hydroxylation sites is 1. The first-order chi connectivity index (χ1) is 13.5. The number of aryl methyl sites for hydroxylation is 1. The fourth-order valence-electron chi connectivity index (χ4n) is 3.32. The maximum Gasteiger partial charge on any atom is 0.264 e. The Morgan fingerprint density at radius 3 is 2.75 bits per heavy atom. The number of rotatable bonds is 4. The van der Waals surface area contributed by atoms with E-state index in [1.807, 2.05) is 19.1 Å². The third-order valence-electron chi connectivity index (χ3n) is 4.77. The first-order valence-corrected chi connectivity index (χ1v) is 9.76. The van der Waals surface area contributed by atoms with Crippen LogP contribution in [0.15, 0.2) is 47.3 Å². The highest BCUT2D eigenvalue weighted by atomic mass is 32.1. The molecule has 0 radical (unpaired) electrons. The normalized spacial score (nSPS) is 11.2.